The predicted octanol–water partition coefficient (Wildman–Crippen LogP) is 5.03. The van der Waals surface area contributed by atoms with Crippen molar-refractivity contribution in [3.8, 4) is 5.75 Å². The van der Waals surface area contributed by atoms with Gasteiger partial charge in [0.1, 0.15) is 5.75 Å². The van der Waals surface area contributed by atoms with Gasteiger partial charge in [0, 0.05) is 29.0 Å². The summed E-state index contributed by atoms with van der Waals surface area (Å²) in [7, 11) is 0. The van der Waals surface area contributed by atoms with Crippen LogP contribution in [0.5, 0.6) is 5.75 Å². The third-order valence-electron chi connectivity index (χ3n) is 5.66. The van der Waals surface area contributed by atoms with Crippen LogP contribution in [0.1, 0.15) is 71.8 Å². The zero-order valence-electron chi connectivity index (χ0n) is 18.8. The minimum Gasteiger partial charge on any atom is -0.493 e. The Balaban J connectivity index is 2.22. The molecule has 0 amide bonds. The predicted molar refractivity (Wildman–Crippen MR) is 117 cm³/mol. The van der Waals surface area contributed by atoms with E-state index in [2.05, 4.69) is 26.1 Å². The van der Waals surface area contributed by atoms with E-state index in [-0.39, 0.29) is 23.8 Å². The highest BCUT2D eigenvalue weighted by atomic mass is 16.5. The van der Waals surface area contributed by atoms with Crippen molar-refractivity contribution in [3.63, 3.8) is 0 Å². The van der Waals surface area contributed by atoms with Crippen LogP contribution in [0.15, 0.2) is 46.8 Å². The lowest BCUT2D eigenvalue weighted by Crippen LogP contribution is -2.39. The van der Waals surface area contributed by atoms with Crippen molar-refractivity contribution in [1.29, 1.82) is 0 Å². The monoisotopic (exact) mass is 411 g/mol. The molecule has 1 atom stereocenters. The number of esters is 1. The number of Topliss-reactive ketones (excluding diaryl/α,β-unsaturated/α-hetero) is 1. The van der Waals surface area contributed by atoms with Crippen LogP contribution >= 0.6 is 0 Å². The first-order valence-corrected chi connectivity index (χ1v) is 11.0. The summed E-state index contributed by atoms with van der Waals surface area (Å²) in [5, 5.41) is 3.44. The first kappa shape index (κ1) is 22.1. The smallest absolute Gasteiger partial charge is 0.336 e. The van der Waals surface area contributed by atoms with Crippen LogP contribution in [0.2, 0.25) is 0 Å². The van der Waals surface area contributed by atoms with Crippen molar-refractivity contribution in [1.82, 2.24) is 5.32 Å². The molecule has 0 aromatic heterocycles. The topological polar surface area (TPSA) is 64.6 Å². The molecule has 0 saturated carbocycles. The van der Waals surface area contributed by atoms with Crippen molar-refractivity contribution in [2.75, 3.05) is 13.2 Å². The van der Waals surface area contributed by atoms with E-state index in [9.17, 15) is 9.59 Å². The molecule has 1 aromatic rings. The van der Waals surface area contributed by atoms with Gasteiger partial charge < -0.3 is 14.8 Å². The summed E-state index contributed by atoms with van der Waals surface area (Å²) in [5.41, 5.74) is 3.69. The third kappa shape index (κ3) is 4.30. The van der Waals surface area contributed by atoms with Gasteiger partial charge in [0.05, 0.1) is 24.7 Å². The Morgan fingerprint density at radius 3 is 2.57 bits per heavy atom. The number of para-hydroxylation sites is 1. The molecule has 0 saturated heterocycles. The molecule has 3 rings (SSSR count). The number of nitrogens with one attached hydrogen (secondary N) is 1. The van der Waals surface area contributed by atoms with Crippen LogP contribution < -0.4 is 10.1 Å². The highest BCUT2D eigenvalue weighted by Crippen LogP contribution is 2.48. The molecule has 5 heteroatoms. The van der Waals surface area contributed by atoms with Gasteiger partial charge in [-0.3, -0.25) is 4.79 Å². The number of rotatable bonds is 7. The Bertz CT molecular complexity index is 894. The van der Waals surface area contributed by atoms with Gasteiger partial charge >= 0.3 is 5.97 Å². The highest BCUT2D eigenvalue weighted by molar-refractivity contribution is 6.04. The average Bonchev–Trinajstić information content (AvgIpc) is 2.70. The van der Waals surface area contributed by atoms with Crippen molar-refractivity contribution in [2.45, 2.75) is 66.2 Å². The van der Waals surface area contributed by atoms with Crippen molar-refractivity contribution in [2.24, 2.45) is 5.41 Å². The Morgan fingerprint density at radius 1 is 1.17 bits per heavy atom. The van der Waals surface area contributed by atoms with Gasteiger partial charge in [0.15, 0.2) is 5.78 Å². The van der Waals surface area contributed by atoms with Gasteiger partial charge in [-0.25, -0.2) is 4.79 Å². The standard InChI is InChI=1S/C25H33NO4/c1-6-13-30-20-12-10-9-11-16(20)21-22-18(14-25(4,5)15-19(22)27)26-17(7-2)23(21)24(28)29-8-3/h9-12,21,26H,6-8,13-15H2,1-5H3/t21-/m1/s1. The van der Waals surface area contributed by atoms with Crippen LogP contribution in [-0.4, -0.2) is 25.0 Å². The fraction of sp³-hybridized carbons (Fsp3) is 0.520. The minimum absolute atomic E-state index is 0.0843. The Morgan fingerprint density at radius 2 is 1.90 bits per heavy atom. The number of dihydropyridines is 1. The second-order valence-corrected chi connectivity index (χ2v) is 8.74. The number of carbonyl (C=O) groups excluding carboxylic acids is 2. The summed E-state index contributed by atoms with van der Waals surface area (Å²) >= 11 is 0. The van der Waals surface area contributed by atoms with E-state index < -0.39 is 5.92 Å². The van der Waals surface area contributed by atoms with Crippen molar-refractivity contribution in [3.05, 3.63) is 52.4 Å². The SMILES string of the molecule is CCCOc1ccccc1[C@@H]1C2=C(CC(C)(C)CC2=O)NC(CC)=C1C(=O)OCC. The fourth-order valence-electron chi connectivity index (χ4n) is 4.45. The van der Waals surface area contributed by atoms with Gasteiger partial charge in [0.25, 0.3) is 0 Å². The first-order valence-electron chi connectivity index (χ1n) is 11.0. The Labute approximate surface area is 179 Å². The molecule has 2 aliphatic rings. The van der Waals surface area contributed by atoms with Crippen molar-refractivity contribution >= 4 is 11.8 Å². The lowest BCUT2D eigenvalue weighted by atomic mass is 9.68. The van der Waals surface area contributed by atoms with Crippen LogP contribution in [0, 0.1) is 5.41 Å². The maximum absolute atomic E-state index is 13.4. The van der Waals surface area contributed by atoms with Crippen LogP contribution in [-0.2, 0) is 14.3 Å². The molecular formula is C25H33NO4. The van der Waals surface area contributed by atoms with Gasteiger partial charge in [-0.15, -0.1) is 0 Å². The molecule has 1 aromatic carbocycles. The lowest BCUT2D eigenvalue weighted by molar-refractivity contribution is -0.138. The molecule has 5 nitrogen and oxygen atoms in total. The van der Waals surface area contributed by atoms with E-state index in [1.54, 1.807) is 6.92 Å². The summed E-state index contributed by atoms with van der Waals surface area (Å²) in [6.07, 6.45) is 2.75. The third-order valence-corrected chi connectivity index (χ3v) is 5.66. The average molecular weight is 412 g/mol. The van der Waals surface area contributed by atoms with Crippen LogP contribution in [0.3, 0.4) is 0 Å². The highest BCUT2D eigenvalue weighted by Gasteiger charge is 2.44. The molecular weight excluding hydrogens is 378 g/mol. The number of hydrogen-bond donors (Lipinski definition) is 1. The van der Waals surface area contributed by atoms with E-state index >= 15 is 0 Å². The maximum Gasteiger partial charge on any atom is 0.336 e. The molecule has 0 fully saturated rings. The van der Waals surface area contributed by atoms with Gasteiger partial charge in [0.2, 0.25) is 0 Å². The summed E-state index contributed by atoms with van der Waals surface area (Å²) in [4.78, 5) is 26.5. The zero-order valence-corrected chi connectivity index (χ0v) is 18.8. The molecule has 1 aliphatic heterocycles. The van der Waals surface area contributed by atoms with Gasteiger partial charge in [-0.05, 0) is 37.7 Å². The van der Waals surface area contributed by atoms with E-state index in [0.29, 0.717) is 36.3 Å². The number of benzene rings is 1. The first-order chi connectivity index (χ1) is 14.3. The normalized spacial score (nSPS) is 20.6. The molecule has 30 heavy (non-hydrogen) atoms. The van der Waals surface area contributed by atoms with E-state index in [1.165, 1.54) is 0 Å². The van der Waals surface area contributed by atoms with Gasteiger partial charge in [-0.1, -0.05) is 45.9 Å². The summed E-state index contributed by atoms with van der Waals surface area (Å²) in [6.45, 7) is 11.0. The number of allylic oxidation sites excluding steroid dienone is 3. The second-order valence-electron chi connectivity index (χ2n) is 8.74. The molecule has 0 radical (unpaired) electrons. The molecule has 1 N–H and O–H groups in total. The lowest BCUT2D eigenvalue weighted by Gasteiger charge is -2.40. The molecule has 0 unspecified atom stereocenters. The molecule has 0 bridgehead atoms. The van der Waals surface area contributed by atoms with Crippen molar-refractivity contribution < 1.29 is 19.1 Å². The molecule has 1 aliphatic carbocycles. The van der Waals surface area contributed by atoms with Gasteiger partial charge in [-0.2, -0.15) is 0 Å². The molecule has 1 heterocycles. The number of carbonyl (C=O) groups is 2. The van der Waals surface area contributed by atoms with Crippen LogP contribution in [0.4, 0.5) is 0 Å². The Kier molecular flexibility index (Phi) is 6.69. The summed E-state index contributed by atoms with van der Waals surface area (Å²) in [6, 6.07) is 7.73. The Hall–Kier alpha value is -2.56. The number of ketones is 1. The largest absolute Gasteiger partial charge is 0.493 e. The number of ether oxygens (including phenoxy) is 2. The quantitative estimate of drug-likeness (QED) is 0.637. The maximum atomic E-state index is 13.4. The minimum atomic E-state index is -0.480. The second kappa shape index (κ2) is 9.07. The molecule has 0 spiro atoms. The zero-order chi connectivity index (χ0) is 21.9. The van der Waals surface area contributed by atoms with Crippen LogP contribution in [0.25, 0.3) is 0 Å². The fourth-order valence-corrected chi connectivity index (χ4v) is 4.45. The van der Waals surface area contributed by atoms with E-state index in [0.717, 1.165) is 29.8 Å². The van der Waals surface area contributed by atoms with E-state index in [4.69, 9.17) is 9.47 Å². The van der Waals surface area contributed by atoms with E-state index in [1.807, 2.05) is 31.2 Å². The number of hydrogen-bond acceptors (Lipinski definition) is 5. The molecule has 162 valence electrons. The summed E-state index contributed by atoms with van der Waals surface area (Å²) < 4.78 is 11.5. The summed E-state index contributed by atoms with van der Waals surface area (Å²) in [5.74, 6) is -0.0535.